The minimum absolute atomic E-state index is 0.0476. The molecule has 0 spiro atoms. The number of hydrogen-bond donors (Lipinski definition) is 2. The molecule has 0 bridgehead atoms. The van der Waals surface area contributed by atoms with Crippen LogP contribution in [0.3, 0.4) is 0 Å². The first-order chi connectivity index (χ1) is 9.56. The molecule has 0 aliphatic heterocycles. The Morgan fingerprint density at radius 2 is 2.15 bits per heavy atom. The lowest BCUT2D eigenvalue weighted by molar-refractivity contribution is 0.102. The zero-order chi connectivity index (χ0) is 14.5. The van der Waals surface area contributed by atoms with Crippen LogP contribution >= 0.6 is 0 Å². The predicted octanol–water partition coefficient (Wildman–Crippen LogP) is 1.81. The fraction of sp³-hybridized carbons (Fsp3) is 0.214. The molecule has 0 fully saturated rings. The normalized spacial score (nSPS) is 10.3. The molecule has 0 saturated heterocycles. The number of pyridine rings is 2. The highest BCUT2D eigenvalue weighted by molar-refractivity contribution is 6.04. The Bertz CT molecular complexity index is 644. The quantitative estimate of drug-likeness (QED) is 0.889. The van der Waals surface area contributed by atoms with Crippen LogP contribution in [0.25, 0.3) is 0 Å². The summed E-state index contributed by atoms with van der Waals surface area (Å²) in [5.41, 5.74) is 0.577. The van der Waals surface area contributed by atoms with Gasteiger partial charge in [-0.25, -0.2) is 4.98 Å². The molecule has 2 heterocycles. The van der Waals surface area contributed by atoms with Crippen molar-refractivity contribution in [3.8, 4) is 5.88 Å². The topological polar surface area (TPSA) is 84.1 Å². The van der Waals surface area contributed by atoms with E-state index in [1.807, 2.05) is 13.8 Å². The van der Waals surface area contributed by atoms with Crippen molar-refractivity contribution in [1.29, 1.82) is 0 Å². The molecule has 6 heteroatoms. The highest BCUT2D eigenvalue weighted by Gasteiger charge is 2.11. The van der Waals surface area contributed by atoms with Gasteiger partial charge in [-0.1, -0.05) is 0 Å². The van der Waals surface area contributed by atoms with Gasteiger partial charge in [-0.05, 0) is 32.0 Å². The van der Waals surface area contributed by atoms with E-state index in [1.165, 1.54) is 18.3 Å². The van der Waals surface area contributed by atoms with Crippen LogP contribution < -0.4 is 15.6 Å². The summed E-state index contributed by atoms with van der Waals surface area (Å²) in [6.45, 7) is 3.75. The van der Waals surface area contributed by atoms with Gasteiger partial charge >= 0.3 is 0 Å². The van der Waals surface area contributed by atoms with E-state index in [9.17, 15) is 9.59 Å². The van der Waals surface area contributed by atoms with Crippen molar-refractivity contribution in [2.45, 2.75) is 20.0 Å². The molecule has 0 aliphatic rings. The largest absolute Gasteiger partial charge is 0.473 e. The van der Waals surface area contributed by atoms with Crippen LogP contribution in [-0.2, 0) is 0 Å². The van der Waals surface area contributed by atoms with Crippen molar-refractivity contribution in [3.05, 3.63) is 52.6 Å². The number of nitrogens with zero attached hydrogens (tertiary/aromatic N) is 1. The number of rotatable bonds is 4. The molecular formula is C14H15N3O3. The second-order valence-electron chi connectivity index (χ2n) is 4.42. The summed E-state index contributed by atoms with van der Waals surface area (Å²) >= 11 is 0. The molecule has 1 amide bonds. The van der Waals surface area contributed by atoms with Gasteiger partial charge in [-0.3, -0.25) is 9.59 Å². The van der Waals surface area contributed by atoms with Gasteiger partial charge in [-0.15, -0.1) is 0 Å². The van der Waals surface area contributed by atoms with Crippen LogP contribution in [0.1, 0.15) is 24.2 Å². The lowest BCUT2D eigenvalue weighted by atomic mass is 10.2. The standard InChI is InChI=1S/C14H15N3O3/c1-9(2)20-14-11(4-3-7-15-14)17-13(19)10-5-6-12(18)16-8-10/h3-9H,1-2H3,(H,16,18)(H,17,19). The van der Waals surface area contributed by atoms with E-state index in [4.69, 9.17) is 4.74 Å². The van der Waals surface area contributed by atoms with Crippen molar-refractivity contribution in [3.63, 3.8) is 0 Å². The molecule has 2 aromatic rings. The summed E-state index contributed by atoms with van der Waals surface area (Å²) < 4.78 is 5.52. The van der Waals surface area contributed by atoms with Crippen LogP contribution in [-0.4, -0.2) is 22.0 Å². The van der Waals surface area contributed by atoms with Gasteiger partial charge in [0.1, 0.15) is 5.69 Å². The van der Waals surface area contributed by atoms with Gasteiger partial charge in [0.25, 0.3) is 5.91 Å². The minimum Gasteiger partial charge on any atom is -0.473 e. The maximum absolute atomic E-state index is 12.0. The molecule has 0 aromatic carbocycles. The fourth-order valence-electron chi connectivity index (χ4n) is 1.55. The maximum atomic E-state index is 12.0. The van der Waals surface area contributed by atoms with E-state index in [1.54, 1.807) is 18.3 Å². The summed E-state index contributed by atoms with van der Waals surface area (Å²) in [6, 6.07) is 6.15. The van der Waals surface area contributed by atoms with E-state index in [0.29, 0.717) is 17.1 Å². The lowest BCUT2D eigenvalue weighted by Gasteiger charge is -2.13. The number of carbonyl (C=O) groups is 1. The zero-order valence-corrected chi connectivity index (χ0v) is 11.2. The smallest absolute Gasteiger partial charge is 0.257 e. The number of aromatic nitrogens is 2. The number of H-pyrrole nitrogens is 1. The third kappa shape index (κ3) is 3.44. The molecule has 0 radical (unpaired) electrons. The molecule has 104 valence electrons. The molecule has 6 nitrogen and oxygen atoms in total. The van der Waals surface area contributed by atoms with Crippen molar-refractivity contribution in [1.82, 2.24) is 9.97 Å². The van der Waals surface area contributed by atoms with E-state index in [-0.39, 0.29) is 17.6 Å². The second-order valence-corrected chi connectivity index (χ2v) is 4.42. The maximum Gasteiger partial charge on any atom is 0.257 e. The molecule has 20 heavy (non-hydrogen) atoms. The molecule has 2 rings (SSSR count). The van der Waals surface area contributed by atoms with Gasteiger partial charge in [-0.2, -0.15) is 0 Å². The Kier molecular flexibility index (Phi) is 4.14. The number of hydrogen-bond acceptors (Lipinski definition) is 4. The van der Waals surface area contributed by atoms with Crippen LogP contribution in [0.4, 0.5) is 5.69 Å². The summed E-state index contributed by atoms with van der Waals surface area (Å²) in [5.74, 6) is 0.0168. The molecule has 0 saturated carbocycles. The Morgan fingerprint density at radius 3 is 2.80 bits per heavy atom. The second kappa shape index (κ2) is 6.01. The first kappa shape index (κ1) is 13.8. The highest BCUT2D eigenvalue weighted by atomic mass is 16.5. The first-order valence-electron chi connectivity index (χ1n) is 6.18. The van der Waals surface area contributed by atoms with Crippen LogP contribution in [0.5, 0.6) is 5.88 Å². The van der Waals surface area contributed by atoms with Crippen LogP contribution in [0.15, 0.2) is 41.5 Å². The third-order valence-electron chi connectivity index (χ3n) is 2.41. The monoisotopic (exact) mass is 273 g/mol. The Balaban J connectivity index is 2.19. The third-order valence-corrected chi connectivity index (χ3v) is 2.41. The van der Waals surface area contributed by atoms with Crippen molar-refractivity contribution in [2.75, 3.05) is 5.32 Å². The number of ether oxygens (including phenoxy) is 1. The lowest BCUT2D eigenvalue weighted by Crippen LogP contribution is -2.16. The van der Waals surface area contributed by atoms with Crippen LogP contribution in [0, 0.1) is 0 Å². The van der Waals surface area contributed by atoms with E-state index in [0.717, 1.165) is 0 Å². The number of anilines is 1. The summed E-state index contributed by atoms with van der Waals surface area (Å²) in [6.07, 6.45) is 2.90. The molecule has 0 aliphatic carbocycles. The van der Waals surface area contributed by atoms with Gasteiger partial charge in [0.2, 0.25) is 11.4 Å². The van der Waals surface area contributed by atoms with Gasteiger partial charge in [0, 0.05) is 18.5 Å². The van der Waals surface area contributed by atoms with E-state index >= 15 is 0 Å². The number of carbonyl (C=O) groups excluding carboxylic acids is 1. The summed E-state index contributed by atoms with van der Waals surface area (Å²) in [5, 5.41) is 2.70. The van der Waals surface area contributed by atoms with Crippen molar-refractivity contribution >= 4 is 11.6 Å². The minimum atomic E-state index is -0.345. The van der Waals surface area contributed by atoms with Gasteiger partial charge < -0.3 is 15.0 Å². The first-order valence-corrected chi connectivity index (χ1v) is 6.18. The number of aromatic amines is 1. The molecular weight excluding hydrogens is 258 g/mol. The molecule has 0 atom stereocenters. The Morgan fingerprint density at radius 1 is 1.35 bits per heavy atom. The van der Waals surface area contributed by atoms with Crippen molar-refractivity contribution < 1.29 is 9.53 Å². The number of nitrogens with one attached hydrogen (secondary N) is 2. The van der Waals surface area contributed by atoms with Gasteiger partial charge in [0.15, 0.2) is 0 Å². The SMILES string of the molecule is CC(C)Oc1ncccc1NC(=O)c1ccc(=O)[nH]c1. The van der Waals surface area contributed by atoms with Crippen molar-refractivity contribution in [2.24, 2.45) is 0 Å². The molecule has 2 N–H and O–H groups in total. The average molecular weight is 273 g/mol. The van der Waals surface area contributed by atoms with E-state index < -0.39 is 0 Å². The molecule has 0 unspecified atom stereocenters. The highest BCUT2D eigenvalue weighted by Crippen LogP contribution is 2.22. The van der Waals surface area contributed by atoms with E-state index in [2.05, 4.69) is 15.3 Å². The average Bonchev–Trinajstić information content (AvgIpc) is 2.41. The number of amides is 1. The Labute approximate surface area is 115 Å². The van der Waals surface area contributed by atoms with Gasteiger partial charge in [0.05, 0.1) is 11.7 Å². The summed E-state index contributed by atoms with van der Waals surface area (Å²) in [4.78, 5) is 29.5. The Hall–Kier alpha value is -2.63. The fourth-order valence-corrected chi connectivity index (χ4v) is 1.55. The zero-order valence-electron chi connectivity index (χ0n) is 11.2. The summed E-state index contributed by atoms with van der Waals surface area (Å²) in [7, 11) is 0. The molecule has 2 aromatic heterocycles. The predicted molar refractivity (Wildman–Crippen MR) is 75.0 cm³/mol. The van der Waals surface area contributed by atoms with Crippen LogP contribution in [0.2, 0.25) is 0 Å².